The van der Waals surface area contributed by atoms with Crippen molar-refractivity contribution < 1.29 is 0 Å². The van der Waals surface area contributed by atoms with Crippen LogP contribution in [-0.4, -0.2) is 5.38 Å². The van der Waals surface area contributed by atoms with Crippen molar-refractivity contribution in [1.29, 1.82) is 0 Å². The molecule has 0 heterocycles. The van der Waals surface area contributed by atoms with Gasteiger partial charge in [-0.15, -0.1) is 11.6 Å². The SMILES string of the molecule is CC(Cl)C1(Cc2ccc(Br)cc2Cl)CC1. The van der Waals surface area contributed by atoms with Gasteiger partial charge >= 0.3 is 0 Å². The molecule has 1 saturated carbocycles. The van der Waals surface area contributed by atoms with Crippen LogP contribution in [0.3, 0.4) is 0 Å². The molecule has 2 rings (SSSR count). The van der Waals surface area contributed by atoms with Crippen molar-refractivity contribution in [2.24, 2.45) is 5.41 Å². The number of halogens is 3. The molecule has 1 aliphatic carbocycles. The molecule has 0 N–H and O–H groups in total. The Morgan fingerprint density at radius 1 is 1.47 bits per heavy atom. The van der Waals surface area contributed by atoms with Gasteiger partial charge in [0.1, 0.15) is 0 Å². The summed E-state index contributed by atoms with van der Waals surface area (Å²) in [4.78, 5) is 0. The molecule has 0 nitrogen and oxygen atoms in total. The van der Waals surface area contributed by atoms with E-state index < -0.39 is 0 Å². The molecule has 1 aliphatic rings. The van der Waals surface area contributed by atoms with Crippen LogP contribution >= 0.6 is 39.1 Å². The normalized spacial score (nSPS) is 20.0. The molecule has 3 heteroatoms. The molecule has 0 aromatic heterocycles. The molecule has 0 bridgehead atoms. The molecule has 0 aliphatic heterocycles. The van der Waals surface area contributed by atoms with Gasteiger partial charge in [0, 0.05) is 14.9 Å². The smallest absolute Gasteiger partial charge is 0.0449 e. The van der Waals surface area contributed by atoms with Crippen LogP contribution in [-0.2, 0) is 6.42 Å². The minimum atomic E-state index is 0.234. The van der Waals surface area contributed by atoms with Crippen LogP contribution in [0.15, 0.2) is 22.7 Å². The summed E-state index contributed by atoms with van der Waals surface area (Å²) in [7, 11) is 0. The Balaban J connectivity index is 2.18. The molecular formula is C12H13BrCl2. The van der Waals surface area contributed by atoms with E-state index in [4.69, 9.17) is 23.2 Å². The van der Waals surface area contributed by atoms with Crippen LogP contribution in [0.5, 0.6) is 0 Å². The Morgan fingerprint density at radius 3 is 2.60 bits per heavy atom. The van der Waals surface area contributed by atoms with Crippen LogP contribution in [0, 0.1) is 5.41 Å². The summed E-state index contributed by atoms with van der Waals surface area (Å²) < 4.78 is 1.03. The van der Waals surface area contributed by atoms with E-state index in [-0.39, 0.29) is 5.38 Å². The maximum absolute atomic E-state index is 6.21. The lowest BCUT2D eigenvalue weighted by Crippen LogP contribution is -2.15. The zero-order chi connectivity index (χ0) is 11.1. The van der Waals surface area contributed by atoms with Gasteiger partial charge in [-0.25, -0.2) is 0 Å². The van der Waals surface area contributed by atoms with E-state index in [0.717, 1.165) is 15.9 Å². The lowest BCUT2D eigenvalue weighted by molar-refractivity contribution is 0.496. The fourth-order valence-corrected chi connectivity index (χ4v) is 2.96. The van der Waals surface area contributed by atoms with E-state index in [2.05, 4.69) is 28.9 Å². The molecule has 1 aromatic carbocycles. The first kappa shape index (κ1) is 11.8. The first-order valence-electron chi connectivity index (χ1n) is 5.11. The van der Waals surface area contributed by atoms with E-state index in [1.165, 1.54) is 18.4 Å². The van der Waals surface area contributed by atoms with Gasteiger partial charge in [0.15, 0.2) is 0 Å². The monoisotopic (exact) mass is 306 g/mol. The molecule has 0 radical (unpaired) electrons. The summed E-state index contributed by atoms with van der Waals surface area (Å²) in [6, 6.07) is 6.08. The number of rotatable bonds is 3. The van der Waals surface area contributed by atoms with Gasteiger partial charge in [-0.2, -0.15) is 0 Å². The van der Waals surface area contributed by atoms with Crippen LogP contribution in [0.2, 0.25) is 5.02 Å². The molecule has 1 aromatic rings. The molecular weight excluding hydrogens is 295 g/mol. The molecule has 15 heavy (non-hydrogen) atoms. The number of hydrogen-bond donors (Lipinski definition) is 0. The fraction of sp³-hybridized carbons (Fsp3) is 0.500. The highest BCUT2D eigenvalue weighted by molar-refractivity contribution is 9.10. The third-order valence-corrected chi connectivity index (χ3v) is 4.60. The minimum absolute atomic E-state index is 0.234. The summed E-state index contributed by atoms with van der Waals surface area (Å²) in [5.41, 5.74) is 1.52. The van der Waals surface area contributed by atoms with Crippen LogP contribution in [0.4, 0.5) is 0 Å². The highest BCUT2D eigenvalue weighted by Gasteiger charge is 2.46. The summed E-state index contributed by atoms with van der Waals surface area (Å²) in [6.45, 7) is 2.08. The van der Waals surface area contributed by atoms with E-state index in [9.17, 15) is 0 Å². The Morgan fingerprint density at radius 2 is 2.13 bits per heavy atom. The lowest BCUT2D eigenvalue weighted by Gasteiger charge is -2.18. The number of alkyl halides is 1. The molecule has 1 fully saturated rings. The summed E-state index contributed by atoms with van der Waals surface area (Å²) in [6.07, 6.45) is 3.46. The van der Waals surface area contributed by atoms with Crippen LogP contribution < -0.4 is 0 Å². The third-order valence-electron chi connectivity index (χ3n) is 3.29. The van der Waals surface area contributed by atoms with E-state index in [1.54, 1.807) is 0 Å². The Kier molecular flexibility index (Phi) is 3.35. The fourth-order valence-electron chi connectivity index (χ4n) is 1.92. The van der Waals surface area contributed by atoms with Gasteiger partial charge in [0.2, 0.25) is 0 Å². The highest BCUT2D eigenvalue weighted by Crippen LogP contribution is 2.53. The maximum Gasteiger partial charge on any atom is 0.0449 e. The van der Waals surface area contributed by atoms with Crippen molar-refractivity contribution in [1.82, 2.24) is 0 Å². The number of hydrogen-bond acceptors (Lipinski definition) is 0. The van der Waals surface area contributed by atoms with Gasteiger partial charge in [-0.3, -0.25) is 0 Å². The van der Waals surface area contributed by atoms with Gasteiger partial charge in [0.25, 0.3) is 0 Å². The second-order valence-electron chi connectivity index (χ2n) is 4.39. The van der Waals surface area contributed by atoms with E-state index in [1.807, 2.05) is 12.1 Å². The van der Waals surface area contributed by atoms with Crippen LogP contribution in [0.1, 0.15) is 25.3 Å². The predicted octanol–water partition coefficient (Wildman–Crippen LogP) is 5.05. The molecule has 0 amide bonds. The van der Waals surface area contributed by atoms with Crippen molar-refractivity contribution in [3.63, 3.8) is 0 Å². The molecule has 0 saturated heterocycles. The highest BCUT2D eigenvalue weighted by atomic mass is 79.9. The second kappa shape index (κ2) is 4.27. The molecule has 0 spiro atoms. The first-order chi connectivity index (χ1) is 7.03. The average molecular weight is 308 g/mol. The van der Waals surface area contributed by atoms with Crippen molar-refractivity contribution in [3.05, 3.63) is 33.3 Å². The van der Waals surface area contributed by atoms with Gasteiger partial charge in [-0.1, -0.05) is 33.6 Å². The predicted molar refractivity (Wildman–Crippen MR) is 69.8 cm³/mol. The number of benzene rings is 1. The summed E-state index contributed by atoms with van der Waals surface area (Å²) in [5, 5.41) is 1.07. The maximum atomic E-state index is 6.21. The minimum Gasteiger partial charge on any atom is -0.123 e. The molecule has 1 unspecified atom stereocenters. The summed E-state index contributed by atoms with van der Waals surface area (Å²) in [5.74, 6) is 0. The Bertz CT molecular complexity index is 370. The van der Waals surface area contributed by atoms with Crippen molar-refractivity contribution in [2.75, 3.05) is 0 Å². The van der Waals surface area contributed by atoms with Gasteiger partial charge < -0.3 is 0 Å². The lowest BCUT2D eigenvalue weighted by atomic mass is 9.93. The molecule has 82 valence electrons. The molecule has 1 atom stereocenters. The Labute approximate surface area is 109 Å². The average Bonchev–Trinajstić information content (AvgIpc) is 2.91. The third kappa shape index (κ3) is 2.51. The van der Waals surface area contributed by atoms with Gasteiger partial charge in [-0.05, 0) is 49.3 Å². The topological polar surface area (TPSA) is 0 Å². The zero-order valence-corrected chi connectivity index (χ0v) is 11.7. The Hall–Kier alpha value is 0.280. The quantitative estimate of drug-likeness (QED) is 0.685. The van der Waals surface area contributed by atoms with Crippen LogP contribution in [0.25, 0.3) is 0 Å². The standard InChI is InChI=1S/C12H13BrCl2/c1-8(14)12(4-5-12)7-9-2-3-10(13)6-11(9)15/h2-3,6,8H,4-5,7H2,1H3. The van der Waals surface area contributed by atoms with Gasteiger partial charge in [0.05, 0.1) is 0 Å². The van der Waals surface area contributed by atoms with E-state index in [0.29, 0.717) is 5.41 Å². The van der Waals surface area contributed by atoms with Crippen molar-refractivity contribution >= 4 is 39.1 Å². The largest absolute Gasteiger partial charge is 0.123 e. The zero-order valence-electron chi connectivity index (χ0n) is 8.56. The second-order valence-corrected chi connectivity index (χ2v) is 6.37. The summed E-state index contributed by atoms with van der Waals surface area (Å²) >= 11 is 15.8. The van der Waals surface area contributed by atoms with Crippen molar-refractivity contribution in [2.45, 2.75) is 31.6 Å². The van der Waals surface area contributed by atoms with E-state index >= 15 is 0 Å². The first-order valence-corrected chi connectivity index (χ1v) is 6.72. The van der Waals surface area contributed by atoms with Crippen molar-refractivity contribution in [3.8, 4) is 0 Å².